The van der Waals surface area contributed by atoms with Gasteiger partial charge in [0.1, 0.15) is 12.0 Å². The van der Waals surface area contributed by atoms with Crippen molar-refractivity contribution in [2.75, 3.05) is 4.90 Å². The summed E-state index contributed by atoms with van der Waals surface area (Å²) in [4.78, 5) is 45.3. The van der Waals surface area contributed by atoms with Crippen LogP contribution in [0.4, 0.5) is 5.95 Å². The molecule has 0 N–H and O–H groups in total. The fraction of sp³-hybridized carbons (Fsp3) is 0.308. The van der Waals surface area contributed by atoms with Gasteiger partial charge in [-0.1, -0.05) is 0 Å². The van der Waals surface area contributed by atoms with Gasteiger partial charge >= 0.3 is 0 Å². The molecule has 6 rings (SSSR count). The molecule has 0 radical (unpaired) electrons. The first-order valence-corrected chi connectivity index (χ1v) is 11.5. The maximum absolute atomic E-state index is 13.0. The van der Waals surface area contributed by atoms with E-state index in [1.165, 1.54) is 4.90 Å². The minimum Gasteiger partial charge on any atom is -0.463 e. The fourth-order valence-electron chi connectivity index (χ4n) is 4.25. The molecule has 3 heterocycles. The Hall–Kier alpha value is -3.94. The average molecular weight is 454 g/mol. The summed E-state index contributed by atoms with van der Waals surface area (Å²) in [5, 5.41) is 0.946. The number of carbonyl (C=O) groups is 2. The van der Waals surface area contributed by atoms with Crippen molar-refractivity contribution in [2.24, 2.45) is 11.8 Å². The lowest BCUT2D eigenvalue weighted by Crippen LogP contribution is -2.40. The largest absolute Gasteiger partial charge is 0.463 e. The zero-order chi connectivity index (χ0) is 23.4. The SMILES string of the molecule is Cc1ncnc2c(C)cc(-c3cnc(N(C(=O)C4CC4)C(=O)C4CC4)nc3-c3ccco3)cc12. The number of anilines is 1. The van der Waals surface area contributed by atoms with Crippen LogP contribution < -0.4 is 4.90 Å². The van der Waals surface area contributed by atoms with Crippen LogP contribution in [-0.2, 0) is 9.59 Å². The topological polar surface area (TPSA) is 102 Å². The second-order valence-corrected chi connectivity index (χ2v) is 9.12. The zero-order valence-corrected chi connectivity index (χ0v) is 19.0. The van der Waals surface area contributed by atoms with Crippen LogP contribution in [0.1, 0.15) is 36.9 Å². The third kappa shape index (κ3) is 3.55. The molecule has 1 aromatic carbocycles. The van der Waals surface area contributed by atoms with Gasteiger partial charge in [0, 0.05) is 34.7 Å². The van der Waals surface area contributed by atoms with E-state index in [0.717, 1.165) is 59.0 Å². The van der Waals surface area contributed by atoms with Crippen LogP contribution in [0.25, 0.3) is 33.5 Å². The molecule has 170 valence electrons. The quantitative estimate of drug-likeness (QED) is 0.406. The summed E-state index contributed by atoms with van der Waals surface area (Å²) >= 11 is 0. The Morgan fingerprint density at radius 2 is 1.74 bits per heavy atom. The van der Waals surface area contributed by atoms with Crippen LogP contribution in [-0.4, -0.2) is 31.8 Å². The van der Waals surface area contributed by atoms with Gasteiger partial charge in [0.2, 0.25) is 17.8 Å². The number of benzene rings is 1. The molecule has 2 fully saturated rings. The molecule has 3 aromatic heterocycles. The lowest BCUT2D eigenvalue weighted by atomic mass is 9.98. The number of amides is 2. The predicted molar refractivity (Wildman–Crippen MR) is 126 cm³/mol. The monoisotopic (exact) mass is 453 g/mol. The minimum atomic E-state index is -0.204. The van der Waals surface area contributed by atoms with Crippen molar-refractivity contribution >= 4 is 28.7 Å². The third-order valence-electron chi connectivity index (χ3n) is 6.46. The lowest BCUT2D eigenvalue weighted by Gasteiger charge is -2.20. The second-order valence-electron chi connectivity index (χ2n) is 9.12. The molecule has 2 amide bonds. The first-order valence-electron chi connectivity index (χ1n) is 11.5. The Balaban J connectivity index is 1.52. The van der Waals surface area contributed by atoms with Crippen molar-refractivity contribution in [1.29, 1.82) is 0 Å². The molecule has 0 bridgehead atoms. The van der Waals surface area contributed by atoms with E-state index in [0.29, 0.717) is 11.5 Å². The summed E-state index contributed by atoms with van der Waals surface area (Å²) in [6, 6.07) is 7.65. The van der Waals surface area contributed by atoms with Crippen molar-refractivity contribution in [3.05, 3.63) is 54.3 Å². The van der Waals surface area contributed by atoms with Crippen LogP contribution in [0.2, 0.25) is 0 Å². The highest BCUT2D eigenvalue weighted by Gasteiger charge is 2.43. The van der Waals surface area contributed by atoms with E-state index in [2.05, 4.69) is 15.0 Å². The van der Waals surface area contributed by atoms with Gasteiger partial charge in [-0.05, 0) is 74.9 Å². The van der Waals surface area contributed by atoms with E-state index in [9.17, 15) is 9.59 Å². The van der Waals surface area contributed by atoms with Gasteiger partial charge in [0.25, 0.3) is 0 Å². The van der Waals surface area contributed by atoms with Crippen molar-refractivity contribution in [2.45, 2.75) is 39.5 Å². The molecular weight excluding hydrogens is 430 g/mol. The van der Waals surface area contributed by atoms with Crippen LogP contribution in [0, 0.1) is 25.7 Å². The highest BCUT2D eigenvalue weighted by Crippen LogP contribution is 2.39. The number of furan rings is 1. The second kappa shape index (κ2) is 7.83. The van der Waals surface area contributed by atoms with Gasteiger partial charge in [0.15, 0.2) is 5.76 Å². The van der Waals surface area contributed by atoms with E-state index < -0.39 is 0 Å². The smallest absolute Gasteiger partial charge is 0.239 e. The highest BCUT2D eigenvalue weighted by molar-refractivity contribution is 6.16. The number of nitrogens with zero attached hydrogens (tertiary/aromatic N) is 5. The summed E-state index contributed by atoms with van der Waals surface area (Å²) < 4.78 is 5.70. The van der Waals surface area contributed by atoms with Gasteiger partial charge in [0.05, 0.1) is 11.8 Å². The first kappa shape index (κ1) is 20.7. The van der Waals surface area contributed by atoms with Gasteiger partial charge in [-0.15, -0.1) is 0 Å². The number of fused-ring (bicyclic) bond motifs is 1. The number of imide groups is 1. The molecular formula is C26H23N5O3. The Morgan fingerprint density at radius 3 is 2.38 bits per heavy atom. The molecule has 2 aliphatic carbocycles. The molecule has 0 saturated heterocycles. The number of hydrogen-bond acceptors (Lipinski definition) is 7. The van der Waals surface area contributed by atoms with Crippen molar-refractivity contribution in [3.8, 4) is 22.6 Å². The molecule has 8 heteroatoms. The molecule has 0 spiro atoms. The highest BCUT2D eigenvalue weighted by atomic mass is 16.3. The third-order valence-corrected chi connectivity index (χ3v) is 6.46. The summed E-state index contributed by atoms with van der Waals surface area (Å²) in [6.45, 7) is 3.95. The van der Waals surface area contributed by atoms with Crippen molar-refractivity contribution in [3.63, 3.8) is 0 Å². The Kier molecular flexibility index (Phi) is 4.76. The van der Waals surface area contributed by atoms with Crippen LogP contribution in [0.3, 0.4) is 0 Å². The molecule has 0 atom stereocenters. The van der Waals surface area contributed by atoms with E-state index in [1.54, 1.807) is 24.9 Å². The Labute approximate surface area is 196 Å². The van der Waals surface area contributed by atoms with Gasteiger partial charge in [-0.3, -0.25) is 9.59 Å². The molecule has 8 nitrogen and oxygen atoms in total. The van der Waals surface area contributed by atoms with E-state index >= 15 is 0 Å². The summed E-state index contributed by atoms with van der Waals surface area (Å²) in [5.41, 5.74) is 4.93. The molecule has 2 aliphatic rings. The molecule has 4 aromatic rings. The van der Waals surface area contributed by atoms with Crippen LogP contribution >= 0.6 is 0 Å². The summed E-state index contributed by atoms with van der Waals surface area (Å²) in [6.07, 6.45) is 8.02. The predicted octanol–water partition coefficient (Wildman–Crippen LogP) is 4.64. The van der Waals surface area contributed by atoms with E-state index in [4.69, 9.17) is 9.40 Å². The van der Waals surface area contributed by atoms with Crippen molar-refractivity contribution < 1.29 is 14.0 Å². The van der Waals surface area contributed by atoms with E-state index in [-0.39, 0.29) is 29.6 Å². The molecule has 2 saturated carbocycles. The van der Waals surface area contributed by atoms with Gasteiger partial charge in [-0.2, -0.15) is 0 Å². The summed E-state index contributed by atoms with van der Waals surface area (Å²) in [7, 11) is 0. The number of aromatic nitrogens is 4. The number of hydrogen-bond donors (Lipinski definition) is 0. The van der Waals surface area contributed by atoms with E-state index in [1.807, 2.05) is 32.0 Å². The maximum atomic E-state index is 13.0. The number of rotatable bonds is 5. The maximum Gasteiger partial charge on any atom is 0.239 e. The standard InChI is InChI=1S/C26H23N5O3/c1-14-10-18(11-19-15(2)28-13-29-22(14)19)20-12-27-26(30-23(20)21-4-3-9-34-21)31(24(32)16-5-6-16)25(33)17-7-8-17/h3-4,9-13,16-17H,5-8H2,1-2H3. The fourth-order valence-corrected chi connectivity index (χ4v) is 4.25. The average Bonchev–Trinajstić information content (AvgIpc) is 3.78. The van der Waals surface area contributed by atoms with Gasteiger partial charge < -0.3 is 4.42 Å². The van der Waals surface area contributed by atoms with Gasteiger partial charge in [-0.25, -0.2) is 24.8 Å². The molecule has 0 unspecified atom stereocenters. The minimum absolute atomic E-state index is 0.112. The normalized spacial score (nSPS) is 15.5. The number of aryl methyl sites for hydroxylation is 2. The molecule has 34 heavy (non-hydrogen) atoms. The Morgan fingerprint density at radius 1 is 1.00 bits per heavy atom. The zero-order valence-electron chi connectivity index (χ0n) is 19.0. The first-order chi connectivity index (χ1) is 16.5. The van der Waals surface area contributed by atoms with Crippen molar-refractivity contribution in [1.82, 2.24) is 19.9 Å². The summed E-state index contributed by atoms with van der Waals surface area (Å²) in [5.74, 6) is -0.00172. The van der Waals surface area contributed by atoms with Crippen LogP contribution in [0.5, 0.6) is 0 Å². The Bertz CT molecular complexity index is 1410. The molecule has 0 aliphatic heterocycles. The van der Waals surface area contributed by atoms with Crippen LogP contribution in [0.15, 0.2) is 47.5 Å². The number of carbonyl (C=O) groups excluding carboxylic acids is 2. The lowest BCUT2D eigenvalue weighted by molar-refractivity contribution is -0.128.